The normalized spacial score (nSPS) is 6.38. The molecule has 0 aromatic heterocycles. The Balaban J connectivity index is -0.0000000600. The van der Waals surface area contributed by atoms with Crippen LogP contribution in [0.15, 0.2) is 0 Å². The highest BCUT2D eigenvalue weighted by molar-refractivity contribution is 5.53. The molecule has 0 saturated heterocycles. The third-order valence-corrected chi connectivity index (χ3v) is 0.500. The molecule has 0 aromatic rings. The van der Waals surface area contributed by atoms with Gasteiger partial charge in [-0.3, -0.25) is 0 Å². The second-order valence-electron chi connectivity index (χ2n) is 1.85. The number of carbonyl (C=O) groups is 3. The standard InChI is InChI=1S/C4H10.3CH2O3/c1-3-4-2;3*2-1(3)4/h3-4H2,1-2H3;3*(H2,2,3,4). The van der Waals surface area contributed by atoms with E-state index in [4.69, 9.17) is 45.0 Å². The molecule has 16 heavy (non-hydrogen) atoms. The molecule has 0 rings (SSSR count). The van der Waals surface area contributed by atoms with Gasteiger partial charge in [-0.1, -0.05) is 26.7 Å². The van der Waals surface area contributed by atoms with Crippen LogP contribution in [0.3, 0.4) is 0 Å². The average molecular weight is 244 g/mol. The maximum absolute atomic E-state index is 8.56. The maximum atomic E-state index is 8.56. The van der Waals surface area contributed by atoms with Gasteiger partial charge in [0.15, 0.2) is 0 Å². The van der Waals surface area contributed by atoms with Crippen LogP contribution in [-0.2, 0) is 0 Å². The molecule has 0 aliphatic rings. The first-order chi connectivity index (χ1) is 7.11. The van der Waals surface area contributed by atoms with Crippen LogP contribution < -0.4 is 0 Å². The Bertz CT molecular complexity index is 134. The zero-order valence-corrected chi connectivity index (χ0v) is 8.82. The van der Waals surface area contributed by atoms with E-state index in [0.29, 0.717) is 0 Å². The molecule has 0 saturated carbocycles. The monoisotopic (exact) mass is 244 g/mol. The summed E-state index contributed by atoms with van der Waals surface area (Å²) in [7, 11) is 0. The van der Waals surface area contributed by atoms with Gasteiger partial charge < -0.3 is 30.6 Å². The Morgan fingerprint density at radius 1 is 0.625 bits per heavy atom. The molecule has 9 heteroatoms. The van der Waals surface area contributed by atoms with Crippen molar-refractivity contribution < 1.29 is 45.0 Å². The van der Waals surface area contributed by atoms with Crippen molar-refractivity contribution in [3.8, 4) is 0 Å². The zero-order chi connectivity index (χ0) is 14.1. The highest BCUT2D eigenvalue weighted by Gasteiger charge is 1.71. The summed E-state index contributed by atoms with van der Waals surface area (Å²) in [4.78, 5) is 25.7. The fourth-order valence-electron chi connectivity index (χ4n) is 0. The lowest BCUT2D eigenvalue weighted by atomic mass is 10.4. The van der Waals surface area contributed by atoms with E-state index in [9.17, 15) is 0 Å². The molecule has 0 atom stereocenters. The third-order valence-electron chi connectivity index (χ3n) is 0.500. The first-order valence-corrected chi connectivity index (χ1v) is 3.87. The molecule has 0 heterocycles. The van der Waals surface area contributed by atoms with Crippen LogP contribution in [0, 0.1) is 0 Å². The SMILES string of the molecule is CCCC.O=C(O)O.O=C(O)O.O=C(O)O. The van der Waals surface area contributed by atoms with Crippen molar-refractivity contribution in [2.24, 2.45) is 0 Å². The molecule has 0 aliphatic carbocycles. The molecule has 0 amide bonds. The van der Waals surface area contributed by atoms with E-state index < -0.39 is 18.5 Å². The second kappa shape index (κ2) is 23.0. The fraction of sp³-hybridized carbons (Fsp3) is 0.571. The van der Waals surface area contributed by atoms with Gasteiger partial charge in [0, 0.05) is 0 Å². The van der Waals surface area contributed by atoms with Gasteiger partial charge in [-0.15, -0.1) is 0 Å². The summed E-state index contributed by atoms with van der Waals surface area (Å²) in [6.07, 6.45) is -2.86. The number of rotatable bonds is 1. The quantitative estimate of drug-likeness (QED) is 0.404. The smallest absolute Gasteiger partial charge is 0.450 e. The summed E-state index contributed by atoms with van der Waals surface area (Å²) < 4.78 is 0. The van der Waals surface area contributed by atoms with Gasteiger partial charge >= 0.3 is 18.5 Å². The van der Waals surface area contributed by atoms with E-state index in [1.54, 1.807) is 0 Å². The molecule has 0 fully saturated rings. The minimum atomic E-state index is -1.83. The lowest BCUT2D eigenvalue weighted by molar-refractivity contribution is 0.135. The summed E-state index contributed by atoms with van der Waals surface area (Å²) in [5.41, 5.74) is 0. The Morgan fingerprint density at radius 2 is 0.688 bits per heavy atom. The van der Waals surface area contributed by atoms with Crippen LogP contribution >= 0.6 is 0 Å². The molecule has 6 N–H and O–H groups in total. The number of carboxylic acid groups (broad SMARTS) is 6. The van der Waals surface area contributed by atoms with Gasteiger partial charge in [0.05, 0.1) is 0 Å². The topological polar surface area (TPSA) is 173 Å². The van der Waals surface area contributed by atoms with Crippen LogP contribution in [0.1, 0.15) is 26.7 Å². The van der Waals surface area contributed by atoms with Crippen LogP contribution in [0.25, 0.3) is 0 Å². The number of hydrogen-bond acceptors (Lipinski definition) is 3. The first kappa shape index (κ1) is 23.5. The van der Waals surface area contributed by atoms with Gasteiger partial charge in [0.25, 0.3) is 0 Å². The summed E-state index contributed by atoms with van der Waals surface area (Å²) in [6, 6.07) is 0. The fourth-order valence-corrected chi connectivity index (χ4v) is 0. The Kier molecular flexibility index (Phi) is 33.9. The molecule has 0 unspecified atom stereocenters. The van der Waals surface area contributed by atoms with Crippen LogP contribution in [0.2, 0.25) is 0 Å². The van der Waals surface area contributed by atoms with E-state index in [2.05, 4.69) is 13.8 Å². The number of unbranched alkanes of at least 4 members (excludes halogenated alkanes) is 1. The lowest BCUT2D eigenvalue weighted by Gasteiger charge is -1.68. The van der Waals surface area contributed by atoms with Crippen LogP contribution in [-0.4, -0.2) is 49.1 Å². The van der Waals surface area contributed by atoms with Gasteiger partial charge in [0.2, 0.25) is 0 Å². The Labute approximate surface area is 91.2 Å². The predicted octanol–water partition coefficient (Wildman–Crippen LogP) is 2.47. The second-order valence-corrected chi connectivity index (χ2v) is 1.85. The maximum Gasteiger partial charge on any atom is 0.503 e. The van der Waals surface area contributed by atoms with Gasteiger partial charge in [-0.25, -0.2) is 14.4 Å². The van der Waals surface area contributed by atoms with E-state index in [1.807, 2.05) is 0 Å². The Hall–Kier alpha value is -2.19. The van der Waals surface area contributed by atoms with Crippen LogP contribution in [0.5, 0.6) is 0 Å². The van der Waals surface area contributed by atoms with Crippen molar-refractivity contribution in [1.82, 2.24) is 0 Å². The molecule has 0 aromatic carbocycles. The van der Waals surface area contributed by atoms with Gasteiger partial charge in [-0.05, 0) is 0 Å². The third kappa shape index (κ3) is 975. The molecular weight excluding hydrogens is 228 g/mol. The van der Waals surface area contributed by atoms with E-state index >= 15 is 0 Å². The molecule has 0 spiro atoms. The summed E-state index contributed by atoms with van der Waals surface area (Å²) in [5, 5.41) is 41.8. The van der Waals surface area contributed by atoms with E-state index in [-0.39, 0.29) is 0 Å². The molecule has 0 radical (unpaired) electrons. The Morgan fingerprint density at radius 3 is 0.688 bits per heavy atom. The van der Waals surface area contributed by atoms with Crippen LogP contribution in [0.4, 0.5) is 14.4 Å². The molecule has 0 aliphatic heterocycles. The van der Waals surface area contributed by atoms with Crippen molar-refractivity contribution in [3.05, 3.63) is 0 Å². The number of hydrogen-bond donors (Lipinski definition) is 6. The minimum absolute atomic E-state index is 1.32. The van der Waals surface area contributed by atoms with Gasteiger partial charge in [-0.2, -0.15) is 0 Å². The average Bonchev–Trinajstić information content (AvgIpc) is 2.00. The summed E-state index contributed by atoms with van der Waals surface area (Å²) >= 11 is 0. The van der Waals surface area contributed by atoms with Crippen molar-refractivity contribution >= 4 is 18.5 Å². The summed E-state index contributed by atoms with van der Waals surface area (Å²) in [5.74, 6) is 0. The summed E-state index contributed by atoms with van der Waals surface area (Å²) in [6.45, 7) is 4.36. The minimum Gasteiger partial charge on any atom is -0.450 e. The van der Waals surface area contributed by atoms with Gasteiger partial charge in [0.1, 0.15) is 0 Å². The highest BCUT2D eigenvalue weighted by Crippen LogP contribution is 1.76. The van der Waals surface area contributed by atoms with Crippen molar-refractivity contribution in [2.45, 2.75) is 26.7 Å². The first-order valence-electron chi connectivity index (χ1n) is 3.87. The largest absolute Gasteiger partial charge is 0.503 e. The van der Waals surface area contributed by atoms with E-state index in [0.717, 1.165) is 0 Å². The lowest BCUT2D eigenvalue weighted by Crippen LogP contribution is -1.81. The predicted molar refractivity (Wildman–Crippen MR) is 52.5 cm³/mol. The van der Waals surface area contributed by atoms with Crippen molar-refractivity contribution in [2.75, 3.05) is 0 Å². The molecule has 9 nitrogen and oxygen atoms in total. The molecule has 98 valence electrons. The highest BCUT2D eigenvalue weighted by atomic mass is 16.6. The van der Waals surface area contributed by atoms with E-state index in [1.165, 1.54) is 12.8 Å². The molecular formula is C7H16O9. The zero-order valence-electron chi connectivity index (χ0n) is 8.82. The molecule has 0 bridgehead atoms. The van der Waals surface area contributed by atoms with Crippen molar-refractivity contribution in [1.29, 1.82) is 0 Å². The van der Waals surface area contributed by atoms with Crippen molar-refractivity contribution in [3.63, 3.8) is 0 Å².